The minimum Gasteiger partial charge on any atom is -0.478 e. The van der Waals surface area contributed by atoms with Gasteiger partial charge < -0.3 is 9.52 Å². The van der Waals surface area contributed by atoms with Gasteiger partial charge in [0.05, 0.1) is 16.8 Å². The monoisotopic (exact) mass is 300 g/mol. The fourth-order valence-electron chi connectivity index (χ4n) is 1.40. The molecular formula is C11H6BrClO3. The second kappa shape index (κ2) is 4.31. The van der Waals surface area contributed by atoms with Gasteiger partial charge >= 0.3 is 5.97 Å². The Morgan fingerprint density at radius 1 is 1.38 bits per heavy atom. The minimum absolute atomic E-state index is 0.0333. The molecule has 0 aliphatic carbocycles. The van der Waals surface area contributed by atoms with Crippen molar-refractivity contribution < 1.29 is 14.3 Å². The number of hydrogen-bond acceptors (Lipinski definition) is 2. The number of rotatable bonds is 2. The van der Waals surface area contributed by atoms with E-state index in [0.29, 0.717) is 15.8 Å². The van der Waals surface area contributed by atoms with Crippen LogP contribution < -0.4 is 0 Å². The van der Waals surface area contributed by atoms with E-state index in [1.54, 1.807) is 24.3 Å². The fourth-order valence-corrected chi connectivity index (χ4v) is 1.97. The Morgan fingerprint density at radius 2 is 2.12 bits per heavy atom. The van der Waals surface area contributed by atoms with Crippen LogP contribution in [0.25, 0.3) is 11.3 Å². The molecule has 1 aromatic carbocycles. The Hall–Kier alpha value is -1.26. The van der Waals surface area contributed by atoms with E-state index in [-0.39, 0.29) is 10.6 Å². The quantitative estimate of drug-likeness (QED) is 0.910. The van der Waals surface area contributed by atoms with Crippen molar-refractivity contribution in [2.24, 2.45) is 0 Å². The summed E-state index contributed by atoms with van der Waals surface area (Å²) < 4.78 is 5.71. The maximum atomic E-state index is 11.1. The van der Waals surface area contributed by atoms with E-state index >= 15 is 0 Å². The van der Waals surface area contributed by atoms with Crippen LogP contribution in [0.1, 0.15) is 10.4 Å². The number of carboxylic acid groups (broad SMARTS) is 1. The number of hydrogen-bond donors (Lipinski definition) is 1. The summed E-state index contributed by atoms with van der Waals surface area (Å²) in [6, 6.07) is 6.72. The SMILES string of the molecule is O=C(O)c1c(-c2ccco2)ccc(Br)c1Cl. The van der Waals surface area contributed by atoms with E-state index in [9.17, 15) is 4.79 Å². The zero-order valence-corrected chi connectivity index (χ0v) is 10.2. The van der Waals surface area contributed by atoms with Gasteiger partial charge in [0.1, 0.15) is 5.76 Å². The van der Waals surface area contributed by atoms with Crippen molar-refractivity contribution in [3.05, 3.63) is 45.6 Å². The molecule has 82 valence electrons. The maximum Gasteiger partial charge on any atom is 0.338 e. The van der Waals surface area contributed by atoms with Crippen molar-refractivity contribution in [1.29, 1.82) is 0 Å². The summed E-state index contributed by atoms with van der Waals surface area (Å²) in [5.74, 6) is -0.607. The van der Waals surface area contributed by atoms with E-state index in [1.165, 1.54) is 6.26 Å². The molecule has 0 unspecified atom stereocenters. The molecule has 0 radical (unpaired) electrons. The maximum absolute atomic E-state index is 11.1. The first kappa shape index (κ1) is 11.2. The number of benzene rings is 1. The van der Waals surface area contributed by atoms with Crippen molar-refractivity contribution in [3.8, 4) is 11.3 Å². The first-order valence-corrected chi connectivity index (χ1v) is 5.53. The van der Waals surface area contributed by atoms with Gasteiger partial charge in [-0.05, 0) is 40.2 Å². The molecule has 16 heavy (non-hydrogen) atoms. The lowest BCUT2D eigenvalue weighted by atomic mass is 10.1. The molecule has 0 saturated carbocycles. The zero-order valence-electron chi connectivity index (χ0n) is 7.91. The van der Waals surface area contributed by atoms with Gasteiger partial charge in [-0.1, -0.05) is 11.6 Å². The van der Waals surface area contributed by atoms with Crippen molar-refractivity contribution in [2.45, 2.75) is 0 Å². The highest BCUT2D eigenvalue weighted by Gasteiger charge is 2.19. The molecule has 0 amide bonds. The Morgan fingerprint density at radius 3 is 2.69 bits per heavy atom. The van der Waals surface area contributed by atoms with Crippen LogP contribution in [0.5, 0.6) is 0 Å². The molecule has 1 N–H and O–H groups in total. The average Bonchev–Trinajstić information content (AvgIpc) is 2.74. The Labute approximate surface area is 105 Å². The average molecular weight is 302 g/mol. The minimum atomic E-state index is -1.09. The van der Waals surface area contributed by atoms with Crippen molar-refractivity contribution in [2.75, 3.05) is 0 Å². The fraction of sp³-hybridized carbons (Fsp3) is 0. The third-order valence-electron chi connectivity index (χ3n) is 2.10. The lowest BCUT2D eigenvalue weighted by Crippen LogP contribution is -2.01. The topological polar surface area (TPSA) is 50.4 Å². The summed E-state index contributed by atoms with van der Waals surface area (Å²) in [6.45, 7) is 0. The molecule has 2 aromatic rings. The highest BCUT2D eigenvalue weighted by atomic mass is 79.9. The van der Waals surface area contributed by atoms with E-state index in [1.807, 2.05) is 0 Å². The van der Waals surface area contributed by atoms with Crippen LogP contribution in [0.3, 0.4) is 0 Å². The van der Waals surface area contributed by atoms with Gasteiger partial charge in [0, 0.05) is 10.0 Å². The van der Waals surface area contributed by atoms with Crippen molar-refractivity contribution >= 4 is 33.5 Å². The summed E-state index contributed by atoms with van der Waals surface area (Å²) in [6.07, 6.45) is 1.48. The summed E-state index contributed by atoms with van der Waals surface area (Å²) >= 11 is 9.13. The highest BCUT2D eigenvalue weighted by molar-refractivity contribution is 9.10. The van der Waals surface area contributed by atoms with Gasteiger partial charge in [0.2, 0.25) is 0 Å². The summed E-state index contributed by atoms with van der Waals surface area (Å²) in [5.41, 5.74) is 0.497. The van der Waals surface area contributed by atoms with Gasteiger partial charge in [-0.25, -0.2) is 4.79 Å². The van der Waals surface area contributed by atoms with Gasteiger partial charge in [-0.15, -0.1) is 0 Å². The summed E-state index contributed by atoms with van der Waals surface area (Å²) in [7, 11) is 0. The number of furan rings is 1. The molecule has 2 rings (SSSR count). The second-order valence-corrected chi connectivity index (χ2v) is 4.30. The Kier molecular flexibility index (Phi) is 3.03. The normalized spacial score (nSPS) is 10.4. The van der Waals surface area contributed by atoms with Crippen LogP contribution in [0.15, 0.2) is 39.4 Å². The van der Waals surface area contributed by atoms with Crippen LogP contribution in [0, 0.1) is 0 Å². The molecule has 3 nitrogen and oxygen atoms in total. The number of carboxylic acids is 1. The Balaban J connectivity index is 2.71. The van der Waals surface area contributed by atoms with Crippen LogP contribution in [-0.2, 0) is 0 Å². The standard InChI is InChI=1S/C11H6BrClO3/c12-7-4-3-6(8-2-1-5-16-8)9(10(7)13)11(14)15/h1-5H,(H,14,15). The number of carbonyl (C=O) groups is 1. The van der Waals surface area contributed by atoms with E-state index < -0.39 is 5.97 Å². The molecular weight excluding hydrogens is 295 g/mol. The molecule has 1 aromatic heterocycles. The number of aromatic carboxylic acids is 1. The van der Waals surface area contributed by atoms with Crippen molar-refractivity contribution in [3.63, 3.8) is 0 Å². The highest BCUT2D eigenvalue weighted by Crippen LogP contribution is 2.34. The largest absolute Gasteiger partial charge is 0.478 e. The van der Waals surface area contributed by atoms with Gasteiger partial charge in [0.15, 0.2) is 0 Å². The molecule has 0 saturated heterocycles. The van der Waals surface area contributed by atoms with Crippen LogP contribution >= 0.6 is 27.5 Å². The predicted molar refractivity (Wildman–Crippen MR) is 63.8 cm³/mol. The molecule has 1 heterocycles. The van der Waals surface area contributed by atoms with Gasteiger partial charge in [-0.2, -0.15) is 0 Å². The van der Waals surface area contributed by atoms with Gasteiger partial charge in [-0.3, -0.25) is 0 Å². The molecule has 0 fully saturated rings. The first-order chi connectivity index (χ1) is 7.61. The third kappa shape index (κ3) is 1.86. The molecule has 0 atom stereocenters. The first-order valence-electron chi connectivity index (χ1n) is 4.36. The molecule has 5 heteroatoms. The predicted octanol–water partition coefficient (Wildman–Crippen LogP) is 4.06. The van der Waals surface area contributed by atoms with Crippen LogP contribution in [0.4, 0.5) is 0 Å². The van der Waals surface area contributed by atoms with Crippen LogP contribution in [0.2, 0.25) is 5.02 Å². The van der Waals surface area contributed by atoms with E-state index in [0.717, 1.165) is 0 Å². The van der Waals surface area contributed by atoms with Crippen molar-refractivity contribution in [1.82, 2.24) is 0 Å². The second-order valence-electron chi connectivity index (χ2n) is 3.07. The summed E-state index contributed by atoms with van der Waals surface area (Å²) in [5, 5.41) is 9.29. The Bertz CT molecular complexity index is 534. The molecule has 0 bridgehead atoms. The molecule has 0 aliphatic rings. The summed E-state index contributed by atoms with van der Waals surface area (Å²) in [4.78, 5) is 11.1. The number of halogens is 2. The van der Waals surface area contributed by atoms with E-state index in [2.05, 4.69) is 15.9 Å². The van der Waals surface area contributed by atoms with E-state index in [4.69, 9.17) is 21.1 Å². The smallest absolute Gasteiger partial charge is 0.338 e. The lowest BCUT2D eigenvalue weighted by Gasteiger charge is -2.06. The van der Waals surface area contributed by atoms with Gasteiger partial charge in [0.25, 0.3) is 0 Å². The third-order valence-corrected chi connectivity index (χ3v) is 3.38. The lowest BCUT2D eigenvalue weighted by molar-refractivity contribution is 0.0697. The molecule has 0 spiro atoms. The molecule has 0 aliphatic heterocycles. The van der Waals surface area contributed by atoms with Crippen LogP contribution in [-0.4, -0.2) is 11.1 Å². The zero-order chi connectivity index (χ0) is 11.7.